The second kappa shape index (κ2) is 5.76. The van der Waals surface area contributed by atoms with Crippen molar-refractivity contribution in [3.05, 3.63) is 21.6 Å². The summed E-state index contributed by atoms with van der Waals surface area (Å²) in [5.41, 5.74) is 0.456. The van der Waals surface area contributed by atoms with Crippen LogP contribution in [0.3, 0.4) is 0 Å². The van der Waals surface area contributed by atoms with E-state index in [2.05, 4.69) is 17.3 Å². The molecule has 2 atom stereocenters. The van der Waals surface area contributed by atoms with Gasteiger partial charge >= 0.3 is 0 Å². The molecule has 1 N–H and O–H groups in total. The average molecular weight is 296 g/mol. The summed E-state index contributed by atoms with van der Waals surface area (Å²) in [5.74, 6) is 2.09. The highest BCUT2D eigenvalue weighted by molar-refractivity contribution is 6.32. The molecule has 4 nitrogen and oxygen atoms in total. The summed E-state index contributed by atoms with van der Waals surface area (Å²) in [6.07, 6.45) is 7.78. The second-order valence-electron chi connectivity index (χ2n) is 6.46. The molecule has 3 rings (SSSR count). The highest BCUT2D eigenvalue weighted by atomic mass is 35.5. The molecule has 2 saturated carbocycles. The first kappa shape index (κ1) is 13.9. The van der Waals surface area contributed by atoms with Gasteiger partial charge in [0.05, 0.1) is 11.2 Å². The summed E-state index contributed by atoms with van der Waals surface area (Å²) in [4.78, 5) is 12.4. The van der Waals surface area contributed by atoms with E-state index >= 15 is 0 Å². The number of rotatable bonds is 5. The predicted molar refractivity (Wildman–Crippen MR) is 81.2 cm³/mol. The smallest absolute Gasteiger partial charge is 0.291 e. The number of nitrogens with zero attached hydrogens (tertiary/aromatic N) is 2. The Kier molecular flexibility index (Phi) is 4.01. The molecule has 0 bridgehead atoms. The van der Waals surface area contributed by atoms with E-state index in [4.69, 9.17) is 11.6 Å². The molecule has 20 heavy (non-hydrogen) atoms. The Bertz CT molecular complexity index is 538. The van der Waals surface area contributed by atoms with Gasteiger partial charge in [0.25, 0.3) is 5.56 Å². The highest BCUT2D eigenvalue weighted by Gasteiger charge is 2.24. The van der Waals surface area contributed by atoms with Gasteiger partial charge in [0, 0.05) is 13.1 Å². The van der Waals surface area contributed by atoms with Gasteiger partial charge in [-0.1, -0.05) is 24.9 Å². The van der Waals surface area contributed by atoms with Crippen LogP contribution in [0.15, 0.2) is 11.0 Å². The van der Waals surface area contributed by atoms with Crippen LogP contribution in [-0.4, -0.2) is 16.3 Å². The van der Waals surface area contributed by atoms with Gasteiger partial charge in [-0.15, -0.1) is 0 Å². The number of nitrogens with one attached hydrogen (secondary N) is 1. The number of halogens is 1. The second-order valence-corrected chi connectivity index (χ2v) is 6.87. The van der Waals surface area contributed by atoms with Crippen molar-refractivity contribution in [3.8, 4) is 0 Å². The lowest BCUT2D eigenvalue weighted by Crippen LogP contribution is -2.28. The molecule has 2 aliphatic carbocycles. The minimum Gasteiger partial charge on any atom is -0.379 e. The summed E-state index contributed by atoms with van der Waals surface area (Å²) in [6.45, 7) is 3.86. The molecule has 1 aromatic heterocycles. The van der Waals surface area contributed by atoms with Crippen LogP contribution in [0.2, 0.25) is 5.02 Å². The fraction of sp³-hybridized carbons (Fsp3) is 0.733. The summed E-state index contributed by atoms with van der Waals surface area (Å²) in [5, 5.41) is 7.85. The summed E-state index contributed by atoms with van der Waals surface area (Å²) >= 11 is 6.13. The molecule has 0 saturated heterocycles. The van der Waals surface area contributed by atoms with Crippen LogP contribution in [0.5, 0.6) is 0 Å². The van der Waals surface area contributed by atoms with E-state index in [0.717, 1.165) is 19.0 Å². The maximum atomic E-state index is 12.4. The molecule has 0 spiro atoms. The first-order chi connectivity index (χ1) is 9.63. The van der Waals surface area contributed by atoms with Crippen molar-refractivity contribution in [3.63, 3.8) is 0 Å². The largest absolute Gasteiger partial charge is 0.379 e. The van der Waals surface area contributed by atoms with Crippen LogP contribution in [0, 0.1) is 17.8 Å². The lowest BCUT2D eigenvalue weighted by molar-refractivity contribution is 0.527. The van der Waals surface area contributed by atoms with Gasteiger partial charge in [-0.2, -0.15) is 5.10 Å². The van der Waals surface area contributed by atoms with Gasteiger partial charge < -0.3 is 5.32 Å². The first-order valence-corrected chi connectivity index (χ1v) is 8.00. The Morgan fingerprint density at radius 3 is 2.75 bits per heavy atom. The molecule has 0 aliphatic heterocycles. The van der Waals surface area contributed by atoms with E-state index in [9.17, 15) is 4.79 Å². The van der Waals surface area contributed by atoms with Crippen molar-refractivity contribution >= 4 is 17.3 Å². The number of hydrogen-bond donors (Lipinski definition) is 1. The number of hydrogen-bond acceptors (Lipinski definition) is 3. The third-order valence-corrected chi connectivity index (χ3v) is 4.78. The first-order valence-electron chi connectivity index (χ1n) is 7.63. The highest BCUT2D eigenvalue weighted by Crippen LogP contribution is 2.31. The normalized spacial score (nSPS) is 25.9. The minimum atomic E-state index is -0.0737. The molecule has 2 fully saturated rings. The van der Waals surface area contributed by atoms with Crippen molar-refractivity contribution in [2.24, 2.45) is 17.8 Å². The Morgan fingerprint density at radius 2 is 2.10 bits per heavy atom. The van der Waals surface area contributed by atoms with Crippen LogP contribution in [-0.2, 0) is 6.54 Å². The van der Waals surface area contributed by atoms with E-state index in [1.807, 2.05) is 0 Å². The van der Waals surface area contributed by atoms with Gasteiger partial charge in [0.2, 0.25) is 0 Å². The van der Waals surface area contributed by atoms with Crippen LogP contribution in [0.1, 0.15) is 39.0 Å². The van der Waals surface area contributed by atoms with Gasteiger partial charge in [0.15, 0.2) is 0 Å². The van der Waals surface area contributed by atoms with Crippen molar-refractivity contribution in [1.29, 1.82) is 0 Å². The number of aromatic nitrogens is 2. The van der Waals surface area contributed by atoms with E-state index in [-0.39, 0.29) is 5.56 Å². The van der Waals surface area contributed by atoms with E-state index < -0.39 is 0 Å². The maximum Gasteiger partial charge on any atom is 0.291 e. The van der Waals surface area contributed by atoms with Gasteiger partial charge in [-0.05, 0) is 43.4 Å². The molecular formula is C15H22ClN3O. The fourth-order valence-electron chi connectivity index (χ4n) is 3.06. The zero-order valence-corrected chi connectivity index (χ0v) is 12.7. The van der Waals surface area contributed by atoms with Gasteiger partial charge in [0.1, 0.15) is 5.69 Å². The zero-order chi connectivity index (χ0) is 14.1. The third kappa shape index (κ3) is 3.17. The number of anilines is 1. The molecule has 0 radical (unpaired) electrons. The predicted octanol–water partition coefficient (Wildman–Crippen LogP) is 3.15. The van der Waals surface area contributed by atoms with Crippen LogP contribution >= 0.6 is 11.6 Å². The zero-order valence-electron chi connectivity index (χ0n) is 11.9. The topological polar surface area (TPSA) is 46.9 Å². The molecule has 2 unspecified atom stereocenters. The fourth-order valence-corrected chi connectivity index (χ4v) is 3.25. The molecule has 0 aromatic carbocycles. The van der Waals surface area contributed by atoms with E-state index in [1.54, 1.807) is 10.9 Å². The Morgan fingerprint density at radius 1 is 1.35 bits per heavy atom. The lowest BCUT2D eigenvalue weighted by Gasteiger charge is -2.14. The van der Waals surface area contributed by atoms with E-state index in [1.165, 1.54) is 32.1 Å². The van der Waals surface area contributed by atoms with Crippen molar-refractivity contribution in [2.75, 3.05) is 11.9 Å². The Balaban J connectivity index is 1.69. The lowest BCUT2D eigenvalue weighted by atomic mass is 10.1. The van der Waals surface area contributed by atoms with Gasteiger partial charge in [-0.25, -0.2) is 4.68 Å². The molecule has 110 valence electrons. The standard InChI is InChI=1S/C15H22ClN3O/c1-10-2-3-12(6-10)7-17-14-13(16)8-18-19(15(14)20)9-11-4-5-11/h8,10-12,17H,2-7,9H2,1H3. The molecule has 1 heterocycles. The Labute approximate surface area is 124 Å². The summed E-state index contributed by atoms with van der Waals surface area (Å²) in [7, 11) is 0. The quantitative estimate of drug-likeness (QED) is 0.908. The SMILES string of the molecule is CC1CCC(CNc2c(Cl)cnn(CC3CC3)c2=O)C1. The minimum absolute atomic E-state index is 0.0737. The molecular weight excluding hydrogens is 274 g/mol. The average Bonchev–Trinajstić information content (AvgIpc) is 3.14. The molecule has 1 aromatic rings. The van der Waals surface area contributed by atoms with Crippen LogP contribution < -0.4 is 10.9 Å². The molecule has 5 heteroatoms. The molecule has 2 aliphatic rings. The van der Waals surface area contributed by atoms with Crippen LogP contribution in [0.25, 0.3) is 0 Å². The van der Waals surface area contributed by atoms with E-state index in [0.29, 0.717) is 22.5 Å². The summed E-state index contributed by atoms with van der Waals surface area (Å²) in [6, 6.07) is 0. The van der Waals surface area contributed by atoms with Crippen molar-refractivity contribution in [1.82, 2.24) is 9.78 Å². The Hall–Kier alpha value is -1.03. The summed E-state index contributed by atoms with van der Waals surface area (Å²) < 4.78 is 1.56. The monoisotopic (exact) mass is 295 g/mol. The maximum absolute atomic E-state index is 12.4. The van der Waals surface area contributed by atoms with Crippen LogP contribution in [0.4, 0.5) is 5.69 Å². The van der Waals surface area contributed by atoms with Gasteiger partial charge in [-0.3, -0.25) is 4.79 Å². The van der Waals surface area contributed by atoms with Crippen molar-refractivity contribution < 1.29 is 0 Å². The molecule has 0 amide bonds. The third-order valence-electron chi connectivity index (χ3n) is 4.50. The van der Waals surface area contributed by atoms with Crippen molar-refractivity contribution in [2.45, 2.75) is 45.6 Å².